The van der Waals surface area contributed by atoms with Crippen LogP contribution in [0.4, 0.5) is 0 Å². The maximum Gasteiger partial charge on any atom is 0.255 e. The first kappa shape index (κ1) is 20.7. The van der Waals surface area contributed by atoms with E-state index in [1.54, 1.807) is 0 Å². The molecule has 28 heavy (non-hydrogen) atoms. The van der Waals surface area contributed by atoms with Crippen LogP contribution in [-0.4, -0.2) is 53.5 Å². The molecule has 148 valence electrons. The zero-order valence-electron chi connectivity index (χ0n) is 15.6. The van der Waals surface area contributed by atoms with E-state index in [1.807, 2.05) is 53.4 Å². The maximum atomic E-state index is 13.1. The molecule has 2 N–H and O–H groups in total. The van der Waals surface area contributed by atoms with Gasteiger partial charge in [-0.2, -0.15) is 0 Å². The number of carbonyl (C=O) groups excluding carboxylic acids is 2. The Bertz CT molecular complexity index is 829. The average Bonchev–Trinajstić information content (AvgIpc) is 2.93. The molecule has 0 atom stereocenters. The average molecular weight is 418 g/mol. The smallest absolute Gasteiger partial charge is 0.255 e. The molecule has 0 aliphatic carbocycles. The molecule has 1 saturated heterocycles. The lowest BCUT2D eigenvalue weighted by Gasteiger charge is -2.23. The molecule has 0 saturated carbocycles. The van der Waals surface area contributed by atoms with Crippen LogP contribution in [0, 0.1) is 0 Å². The van der Waals surface area contributed by atoms with Gasteiger partial charge in [-0.1, -0.05) is 35.9 Å². The van der Waals surface area contributed by atoms with Crippen LogP contribution in [0.2, 0.25) is 5.02 Å². The molecule has 1 heterocycles. The van der Waals surface area contributed by atoms with E-state index >= 15 is 0 Å². The lowest BCUT2D eigenvalue weighted by molar-refractivity contribution is -0.115. The summed E-state index contributed by atoms with van der Waals surface area (Å²) in [7, 11) is 0. The van der Waals surface area contributed by atoms with E-state index in [0.717, 1.165) is 42.5 Å². The molecule has 0 bridgehead atoms. The number of benzene rings is 2. The van der Waals surface area contributed by atoms with Crippen molar-refractivity contribution in [2.45, 2.75) is 17.9 Å². The molecule has 5 nitrogen and oxygen atoms in total. The normalized spacial score (nSPS) is 15.2. The van der Waals surface area contributed by atoms with Crippen molar-refractivity contribution in [2.24, 2.45) is 5.73 Å². The van der Waals surface area contributed by atoms with E-state index in [1.165, 1.54) is 17.3 Å². The molecule has 0 unspecified atom stereocenters. The van der Waals surface area contributed by atoms with Gasteiger partial charge in [0.2, 0.25) is 5.91 Å². The monoisotopic (exact) mass is 417 g/mol. The van der Waals surface area contributed by atoms with Gasteiger partial charge >= 0.3 is 0 Å². The predicted octanol–water partition coefficient (Wildman–Crippen LogP) is 3.27. The van der Waals surface area contributed by atoms with Crippen molar-refractivity contribution in [1.29, 1.82) is 0 Å². The second kappa shape index (κ2) is 9.96. The number of carbonyl (C=O) groups is 2. The van der Waals surface area contributed by atoms with Crippen molar-refractivity contribution in [1.82, 2.24) is 9.80 Å². The van der Waals surface area contributed by atoms with Crippen LogP contribution in [0.1, 0.15) is 22.3 Å². The molecule has 2 amide bonds. The molecule has 1 aliphatic rings. The summed E-state index contributed by atoms with van der Waals surface area (Å²) in [5.74, 6) is -0.208. The number of primary amides is 1. The highest BCUT2D eigenvalue weighted by atomic mass is 35.5. The third-order valence-corrected chi connectivity index (χ3v) is 6.03. The highest BCUT2D eigenvalue weighted by Crippen LogP contribution is 2.24. The summed E-state index contributed by atoms with van der Waals surface area (Å²) in [6.45, 7) is 4.03. The van der Waals surface area contributed by atoms with Crippen molar-refractivity contribution < 1.29 is 9.59 Å². The minimum absolute atomic E-state index is 0.0147. The van der Waals surface area contributed by atoms with Crippen molar-refractivity contribution in [2.75, 3.05) is 31.9 Å². The lowest BCUT2D eigenvalue weighted by Crippen LogP contribution is -2.35. The molecule has 0 radical (unpaired) electrons. The Morgan fingerprint density at radius 2 is 1.75 bits per heavy atom. The van der Waals surface area contributed by atoms with Gasteiger partial charge in [-0.3, -0.25) is 14.5 Å². The maximum absolute atomic E-state index is 13.1. The summed E-state index contributed by atoms with van der Waals surface area (Å²) in [5, 5.41) is 0.740. The standard InChI is InChI=1S/C21H24ClN3O2S/c22-17-8-6-16(7-9-17)14-24-10-3-11-25(13-12-24)21(27)18-4-1-2-5-19(18)28-15-20(23)26/h1-2,4-9H,3,10-15H2,(H2,23,26). The van der Waals surface area contributed by atoms with E-state index < -0.39 is 0 Å². The first-order valence-corrected chi connectivity index (χ1v) is 10.7. The van der Waals surface area contributed by atoms with Gasteiger partial charge in [0, 0.05) is 42.6 Å². The zero-order valence-corrected chi connectivity index (χ0v) is 17.2. The number of rotatable bonds is 6. The van der Waals surface area contributed by atoms with Crippen LogP contribution in [-0.2, 0) is 11.3 Å². The fourth-order valence-corrected chi connectivity index (χ4v) is 4.18. The van der Waals surface area contributed by atoms with Crippen LogP contribution < -0.4 is 5.73 Å². The van der Waals surface area contributed by atoms with Crippen LogP contribution in [0.3, 0.4) is 0 Å². The Labute approximate surface area is 174 Å². The fourth-order valence-electron chi connectivity index (χ4n) is 3.27. The molecular formula is C21H24ClN3O2S. The summed E-state index contributed by atoms with van der Waals surface area (Å²) in [4.78, 5) is 29.3. The van der Waals surface area contributed by atoms with Crippen LogP contribution in [0.15, 0.2) is 53.4 Å². The molecular weight excluding hydrogens is 394 g/mol. The Kier molecular flexibility index (Phi) is 7.36. The molecule has 3 rings (SSSR count). The Hall–Kier alpha value is -2.02. The third-order valence-electron chi connectivity index (χ3n) is 4.68. The van der Waals surface area contributed by atoms with Gasteiger partial charge in [0.25, 0.3) is 5.91 Å². The first-order valence-electron chi connectivity index (χ1n) is 9.29. The van der Waals surface area contributed by atoms with Gasteiger partial charge in [-0.15, -0.1) is 11.8 Å². The largest absolute Gasteiger partial charge is 0.369 e. The fraction of sp³-hybridized carbons (Fsp3) is 0.333. The van der Waals surface area contributed by atoms with Crippen LogP contribution >= 0.6 is 23.4 Å². The number of hydrogen-bond acceptors (Lipinski definition) is 4. The quantitative estimate of drug-likeness (QED) is 0.732. The number of hydrogen-bond donors (Lipinski definition) is 1. The molecule has 2 aromatic carbocycles. The summed E-state index contributed by atoms with van der Waals surface area (Å²) in [6.07, 6.45) is 0.927. The van der Waals surface area contributed by atoms with E-state index in [0.29, 0.717) is 12.1 Å². The molecule has 2 aromatic rings. The van der Waals surface area contributed by atoms with Gasteiger partial charge in [0.15, 0.2) is 0 Å². The molecule has 1 fully saturated rings. The van der Waals surface area contributed by atoms with Crippen LogP contribution in [0.5, 0.6) is 0 Å². The van der Waals surface area contributed by atoms with Gasteiger partial charge < -0.3 is 10.6 Å². The van der Waals surface area contributed by atoms with Crippen molar-refractivity contribution >= 4 is 35.2 Å². The van der Waals surface area contributed by atoms with E-state index in [2.05, 4.69) is 4.90 Å². The Morgan fingerprint density at radius 3 is 2.50 bits per heavy atom. The number of nitrogens with zero attached hydrogens (tertiary/aromatic N) is 2. The minimum Gasteiger partial charge on any atom is -0.369 e. The zero-order chi connectivity index (χ0) is 19.9. The van der Waals surface area contributed by atoms with Crippen LogP contribution in [0.25, 0.3) is 0 Å². The SMILES string of the molecule is NC(=O)CSc1ccccc1C(=O)N1CCCN(Cc2ccc(Cl)cc2)CC1. The summed E-state index contributed by atoms with van der Waals surface area (Å²) in [5.41, 5.74) is 7.11. The number of halogens is 1. The van der Waals surface area contributed by atoms with E-state index in [4.69, 9.17) is 17.3 Å². The first-order chi connectivity index (χ1) is 13.5. The minimum atomic E-state index is -0.389. The predicted molar refractivity (Wildman–Crippen MR) is 114 cm³/mol. The second-order valence-corrected chi connectivity index (χ2v) is 8.25. The summed E-state index contributed by atoms with van der Waals surface area (Å²) < 4.78 is 0. The van der Waals surface area contributed by atoms with E-state index in [9.17, 15) is 9.59 Å². The highest BCUT2D eigenvalue weighted by molar-refractivity contribution is 8.00. The van der Waals surface area contributed by atoms with Gasteiger partial charge in [0.05, 0.1) is 11.3 Å². The van der Waals surface area contributed by atoms with Gasteiger partial charge in [-0.05, 0) is 36.2 Å². The second-order valence-electron chi connectivity index (χ2n) is 6.80. The molecule has 0 spiro atoms. The Morgan fingerprint density at radius 1 is 1.00 bits per heavy atom. The summed E-state index contributed by atoms with van der Waals surface area (Å²) in [6, 6.07) is 15.3. The van der Waals surface area contributed by atoms with Crippen molar-refractivity contribution in [3.63, 3.8) is 0 Å². The summed E-state index contributed by atoms with van der Waals surface area (Å²) >= 11 is 7.27. The Balaban J connectivity index is 1.63. The molecule has 0 aromatic heterocycles. The lowest BCUT2D eigenvalue weighted by atomic mass is 10.2. The number of nitrogens with two attached hydrogens (primary N) is 1. The van der Waals surface area contributed by atoms with Crippen molar-refractivity contribution in [3.05, 3.63) is 64.7 Å². The number of amides is 2. The van der Waals surface area contributed by atoms with E-state index in [-0.39, 0.29) is 17.6 Å². The molecule has 7 heteroatoms. The van der Waals surface area contributed by atoms with Crippen molar-refractivity contribution in [3.8, 4) is 0 Å². The third kappa shape index (κ3) is 5.74. The highest BCUT2D eigenvalue weighted by Gasteiger charge is 2.22. The topological polar surface area (TPSA) is 66.6 Å². The van der Waals surface area contributed by atoms with Gasteiger partial charge in [-0.25, -0.2) is 0 Å². The van der Waals surface area contributed by atoms with Gasteiger partial charge in [0.1, 0.15) is 0 Å². The molecule has 1 aliphatic heterocycles. The number of thioether (sulfide) groups is 1.